The van der Waals surface area contributed by atoms with Crippen LogP contribution in [0.25, 0.3) is 11.0 Å². The molecule has 0 spiro atoms. The molecule has 2 saturated heterocycles. The van der Waals surface area contributed by atoms with Gasteiger partial charge in [0.15, 0.2) is 5.11 Å². The van der Waals surface area contributed by atoms with E-state index in [0.717, 1.165) is 61.3 Å². The summed E-state index contributed by atoms with van der Waals surface area (Å²) in [6.07, 6.45) is 2.75. The fourth-order valence-electron chi connectivity index (χ4n) is 8.78. The van der Waals surface area contributed by atoms with Crippen molar-refractivity contribution in [1.29, 1.82) is 0 Å². The molecule has 6 aromatic rings. The lowest BCUT2D eigenvalue weighted by Crippen LogP contribution is -2.54. The number of nitrogens with zero attached hydrogens (tertiary/aromatic N) is 5. The number of benzene rings is 5. The van der Waals surface area contributed by atoms with Crippen LogP contribution in [0.5, 0.6) is 0 Å². The first-order chi connectivity index (χ1) is 30.2. The van der Waals surface area contributed by atoms with Crippen molar-refractivity contribution in [3.8, 4) is 0 Å². The fraction of sp³-hybridized carbons (Fsp3) is 0.306. The molecule has 0 radical (unpaired) electrons. The summed E-state index contributed by atoms with van der Waals surface area (Å²) in [7, 11) is 0. The standard InChI is InChI=1S/C36H40N4O2S.C13H15N3O3/c41-36(42)39-25-23-34(40(32-20-11-4-12-21-32)35(43)37-31-18-9-3-10-19-31)26-33(39)22-13-24-38(27-29-14-5-1-6-15-29)28-30-16-7-2-8-17-30;17-12-14-10-3-1-2-4-11(10)16(12)9-5-7-15(8-6-9)13(18)19/h1-12,14-21,33-34H,13,22-28H2,(H,37,43)(H,41,42);1-4,9H,5-8H2,(H,14,17)(H,18,19)/t33?,34-;/m0./s1. The number of aromatic amines is 1. The fourth-order valence-corrected chi connectivity index (χ4v) is 9.15. The third kappa shape index (κ3) is 11.5. The molecule has 3 heterocycles. The average molecular weight is 854 g/mol. The molecule has 2 atom stereocenters. The summed E-state index contributed by atoms with van der Waals surface area (Å²) < 4.78 is 1.76. The number of nitrogens with one attached hydrogen (secondary N) is 2. The second-order valence-corrected chi connectivity index (χ2v) is 16.3. The van der Waals surface area contributed by atoms with Crippen molar-refractivity contribution in [2.75, 3.05) is 36.4 Å². The van der Waals surface area contributed by atoms with Crippen molar-refractivity contribution in [2.24, 2.45) is 0 Å². The largest absolute Gasteiger partial charge is 0.465 e. The summed E-state index contributed by atoms with van der Waals surface area (Å²) >= 11 is 5.96. The Hall–Kier alpha value is -6.44. The molecule has 1 aromatic heterocycles. The van der Waals surface area contributed by atoms with Gasteiger partial charge in [-0.1, -0.05) is 109 Å². The molecular formula is C49H55N7O5S. The first kappa shape index (κ1) is 43.6. The van der Waals surface area contributed by atoms with Gasteiger partial charge in [0, 0.05) is 62.2 Å². The van der Waals surface area contributed by atoms with Crippen LogP contribution in [0.4, 0.5) is 21.0 Å². The zero-order chi connectivity index (χ0) is 43.3. The van der Waals surface area contributed by atoms with E-state index in [0.29, 0.717) is 44.0 Å². The van der Waals surface area contributed by atoms with Crippen LogP contribution >= 0.6 is 12.2 Å². The first-order valence-electron chi connectivity index (χ1n) is 21.4. The number of aromatic nitrogens is 2. The number of amides is 2. The summed E-state index contributed by atoms with van der Waals surface area (Å²) in [4.78, 5) is 45.8. The van der Waals surface area contributed by atoms with E-state index in [1.54, 1.807) is 9.47 Å². The molecule has 62 heavy (non-hydrogen) atoms. The number of hydrogen-bond donors (Lipinski definition) is 4. The van der Waals surface area contributed by atoms with Gasteiger partial charge in [-0.25, -0.2) is 14.4 Å². The Morgan fingerprint density at radius 1 is 0.710 bits per heavy atom. The van der Waals surface area contributed by atoms with Gasteiger partial charge >= 0.3 is 17.9 Å². The molecule has 0 bridgehead atoms. The van der Waals surface area contributed by atoms with Gasteiger partial charge < -0.3 is 35.2 Å². The maximum Gasteiger partial charge on any atom is 0.407 e. The third-order valence-electron chi connectivity index (χ3n) is 11.8. The molecule has 2 amide bonds. The molecule has 2 fully saturated rings. The van der Waals surface area contributed by atoms with Crippen LogP contribution in [-0.2, 0) is 13.1 Å². The lowest BCUT2D eigenvalue weighted by molar-refractivity contribution is 0.0954. The van der Waals surface area contributed by atoms with E-state index in [1.165, 1.54) is 16.0 Å². The number of H-pyrrole nitrogens is 1. The summed E-state index contributed by atoms with van der Waals surface area (Å²) in [5.41, 5.74) is 6.11. The minimum atomic E-state index is -0.885. The van der Waals surface area contributed by atoms with Crippen LogP contribution in [0, 0.1) is 0 Å². The van der Waals surface area contributed by atoms with Gasteiger partial charge in [-0.3, -0.25) is 9.47 Å². The number of para-hydroxylation sites is 4. The highest BCUT2D eigenvalue weighted by atomic mass is 32.1. The van der Waals surface area contributed by atoms with E-state index >= 15 is 0 Å². The maximum atomic E-state index is 12.3. The van der Waals surface area contributed by atoms with E-state index in [1.807, 2.05) is 84.9 Å². The summed E-state index contributed by atoms with van der Waals surface area (Å²) in [5, 5.41) is 23.1. The van der Waals surface area contributed by atoms with Gasteiger partial charge in [-0.05, 0) is 105 Å². The number of rotatable bonds is 12. The van der Waals surface area contributed by atoms with E-state index in [4.69, 9.17) is 17.3 Å². The smallest absolute Gasteiger partial charge is 0.407 e. The molecule has 0 saturated carbocycles. The number of likely N-dealkylation sites (tertiary alicyclic amines) is 2. The van der Waals surface area contributed by atoms with Gasteiger partial charge in [-0.15, -0.1) is 0 Å². The highest BCUT2D eigenvalue weighted by molar-refractivity contribution is 7.80. The molecule has 13 heteroatoms. The quantitative estimate of drug-likeness (QED) is 0.0888. The lowest BCUT2D eigenvalue weighted by atomic mass is 9.92. The molecule has 8 rings (SSSR count). The normalized spacial score (nSPS) is 16.7. The minimum Gasteiger partial charge on any atom is -0.465 e. The molecule has 1 unspecified atom stereocenters. The number of imidazole rings is 1. The molecule has 12 nitrogen and oxygen atoms in total. The lowest BCUT2D eigenvalue weighted by Gasteiger charge is -2.43. The second kappa shape index (κ2) is 21.4. The van der Waals surface area contributed by atoms with Gasteiger partial charge in [0.1, 0.15) is 0 Å². The number of hydrogen-bond acceptors (Lipinski definition) is 5. The van der Waals surface area contributed by atoms with Crippen molar-refractivity contribution < 1.29 is 19.8 Å². The Morgan fingerprint density at radius 2 is 1.27 bits per heavy atom. The molecule has 5 aromatic carbocycles. The highest BCUT2D eigenvalue weighted by Crippen LogP contribution is 2.30. The Kier molecular flexibility index (Phi) is 15.0. The SMILES string of the molecule is O=C(O)N1CCC(n2c(=O)[nH]c3ccccc32)CC1.O=C(O)N1CC[C@H](N(C(=S)Nc2ccccc2)c2ccccc2)CC1CCCN(Cc1ccccc1)Cc1ccccc1. The Bertz CT molecular complexity index is 2370. The molecule has 4 N–H and O–H groups in total. The summed E-state index contributed by atoms with van der Waals surface area (Å²) in [6, 6.07) is 48.9. The van der Waals surface area contributed by atoms with E-state index in [9.17, 15) is 19.5 Å². The number of carbonyl (C=O) groups is 2. The predicted molar refractivity (Wildman–Crippen MR) is 250 cm³/mol. The van der Waals surface area contributed by atoms with Crippen LogP contribution in [0.1, 0.15) is 55.7 Å². The van der Waals surface area contributed by atoms with Crippen molar-refractivity contribution in [3.05, 3.63) is 167 Å². The Morgan fingerprint density at radius 3 is 1.87 bits per heavy atom. The molecule has 0 aliphatic carbocycles. The van der Waals surface area contributed by atoms with Crippen molar-refractivity contribution >= 4 is 51.9 Å². The number of fused-ring (bicyclic) bond motifs is 1. The predicted octanol–water partition coefficient (Wildman–Crippen LogP) is 9.53. The van der Waals surface area contributed by atoms with Gasteiger partial charge in [0.2, 0.25) is 0 Å². The number of piperidine rings is 2. The Labute approximate surface area is 368 Å². The zero-order valence-corrected chi connectivity index (χ0v) is 35.7. The van der Waals surface area contributed by atoms with Crippen LogP contribution in [0.15, 0.2) is 150 Å². The van der Waals surface area contributed by atoms with Gasteiger partial charge in [0.05, 0.1) is 11.0 Å². The number of carboxylic acid groups (broad SMARTS) is 2. The maximum absolute atomic E-state index is 12.3. The topological polar surface area (TPSA) is 137 Å². The van der Waals surface area contributed by atoms with Crippen LogP contribution < -0.4 is 15.9 Å². The molecular weight excluding hydrogens is 799 g/mol. The van der Waals surface area contributed by atoms with E-state index < -0.39 is 12.2 Å². The Balaban J connectivity index is 0.000000252. The van der Waals surface area contributed by atoms with E-state index in [2.05, 4.69) is 80.8 Å². The monoisotopic (exact) mass is 853 g/mol. The first-order valence-corrected chi connectivity index (χ1v) is 21.8. The molecule has 2 aliphatic rings. The van der Waals surface area contributed by atoms with Crippen LogP contribution in [-0.4, -0.2) is 90.0 Å². The van der Waals surface area contributed by atoms with Crippen LogP contribution in [0.3, 0.4) is 0 Å². The highest BCUT2D eigenvalue weighted by Gasteiger charge is 2.35. The number of thiocarbonyl (C=S) groups is 1. The van der Waals surface area contributed by atoms with Crippen molar-refractivity contribution in [3.63, 3.8) is 0 Å². The summed E-state index contributed by atoms with van der Waals surface area (Å²) in [5.74, 6) is 0. The van der Waals surface area contributed by atoms with Crippen LogP contribution in [0.2, 0.25) is 0 Å². The minimum absolute atomic E-state index is 0.0687. The molecule has 2 aliphatic heterocycles. The average Bonchev–Trinajstić information content (AvgIpc) is 3.63. The zero-order valence-electron chi connectivity index (χ0n) is 34.8. The second-order valence-electron chi connectivity index (χ2n) is 16.0. The van der Waals surface area contributed by atoms with Crippen molar-refractivity contribution in [1.82, 2.24) is 24.3 Å². The molecule has 322 valence electrons. The van der Waals surface area contributed by atoms with Gasteiger partial charge in [-0.2, -0.15) is 0 Å². The van der Waals surface area contributed by atoms with Crippen molar-refractivity contribution in [2.45, 2.75) is 69.7 Å². The summed E-state index contributed by atoms with van der Waals surface area (Å²) in [6.45, 7) is 4.03. The van der Waals surface area contributed by atoms with Gasteiger partial charge in [0.25, 0.3) is 0 Å². The van der Waals surface area contributed by atoms with E-state index in [-0.39, 0.29) is 23.8 Å². The third-order valence-corrected chi connectivity index (χ3v) is 12.1. The number of anilines is 2.